The summed E-state index contributed by atoms with van der Waals surface area (Å²) in [5.74, 6) is -0.0968. The van der Waals surface area contributed by atoms with Crippen LogP contribution in [0.3, 0.4) is 0 Å². The Bertz CT molecular complexity index is 317. The summed E-state index contributed by atoms with van der Waals surface area (Å²) < 4.78 is 0. The first-order chi connectivity index (χ1) is 5.84. The van der Waals surface area contributed by atoms with Crippen LogP contribution >= 0.6 is 12.2 Å². The van der Waals surface area contributed by atoms with E-state index in [1.165, 1.54) is 6.20 Å². The number of aliphatic imine (C=N–C) groups is 1. The van der Waals surface area contributed by atoms with Crippen LogP contribution in [0.1, 0.15) is 10.4 Å². The normalized spacial score (nSPS) is 8.67. The Morgan fingerprint density at radius 2 is 2.58 bits per heavy atom. The zero-order valence-electron chi connectivity index (χ0n) is 6.23. The SMILES string of the molecule is O=C(CN=C=S)c1cccnc1. The van der Waals surface area contributed by atoms with Gasteiger partial charge in [0.05, 0.1) is 5.16 Å². The average molecular weight is 178 g/mol. The molecule has 0 aliphatic carbocycles. The summed E-state index contributed by atoms with van der Waals surface area (Å²) in [5, 5.41) is 2.14. The van der Waals surface area contributed by atoms with E-state index in [0.717, 1.165) is 0 Å². The Hall–Kier alpha value is -1.38. The molecule has 0 saturated carbocycles. The number of carbonyl (C=O) groups excluding carboxylic acids is 1. The van der Waals surface area contributed by atoms with Gasteiger partial charge in [0.25, 0.3) is 0 Å². The highest BCUT2D eigenvalue weighted by Crippen LogP contribution is 1.96. The number of aromatic nitrogens is 1. The smallest absolute Gasteiger partial charge is 0.186 e. The van der Waals surface area contributed by atoms with Crippen LogP contribution in [0.5, 0.6) is 0 Å². The number of pyridine rings is 1. The molecule has 0 amide bonds. The van der Waals surface area contributed by atoms with Crippen molar-refractivity contribution in [2.45, 2.75) is 0 Å². The molecule has 0 radical (unpaired) electrons. The van der Waals surface area contributed by atoms with E-state index in [1.807, 2.05) is 0 Å². The number of hydrogen-bond acceptors (Lipinski definition) is 4. The topological polar surface area (TPSA) is 42.3 Å². The standard InChI is InChI=1S/C8H6N2OS/c11-8(5-10-6-12)7-2-1-3-9-4-7/h1-4H,5H2. The minimum Gasteiger partial charge on any atom is -0.292 e. The van der Waals surface area contributed by atoms with Crippen molar-refractivity contribution in [1.82, 2.24) is 4.98 Å². The van der Waals surface area contributed by atoms with Crippen LogP contribution < -0.4 is 0 Å². The van der Waals surface area contributed by atoms with E-state index < -0.39 is 0 Å². The predicted octanol–water partition coefficient (Wildman–Crippen LogP) is 1.37. The van der Waals surface area contributed by atoms with Gasteiger partial charge >= 0.3 is 0 Å². The maximum Gasteiger partial charge on any atom is 0.186 e. The van der Waals surface area contributed by atoms with E-state index in [-0.39, 0.29) is 12.3 Å². The van der Waals surface area contributed by atoms with Crippen LogP contribution in [0.2, 0.25) is 0 Å². The van der Waals surface area contributed by atoms with Gasteiger partial charge in [0.15, 0.2) is 5.78 Å². The zero-order chi connectivity index (χ0) is 8.81. The lowest BCUT2D eigenvalue weighted by Gasteiger charge is -1.93. The predicted molar refractivity (Wildman–Crippen MR) is 48.5 cm³/mol. The van der Waals surface area contributed by atoms with Gasteiger partial charge in [0.2, 0.25) is 0 Å². The Kier molecular flexibility index (Phi) is 3.26. The van der Waals surface area contributed by atoms with Crippen molar-refractivity contribution >= 4 is 23.2 Å². The molecule has 0 aliphatic rings. The van der Waals surface area contributed by atoms with Crippen molar-refractivity contribution in [3.05, 3.63) is 30.1 Å². The molecule has 4 heteroatoms. The molecule has 0 saturated heterocycles. The quantitative estimate of drug-likeness (QED) is 0.399. The number of thiocarbonyl (C=S) groups is 1. The summed E-state index contributed by atoms with van der Waals surface area (Å²) in [6, 6.07) is 3.39. The number of Topliss-reactive ketones (excluding diaryl/α,β-unsaturated/α-hetero) is 1. The number of hydrogen-bond donors (Lipinski definition) is 0. The van der Waals surface area contributed by atoms with Gasteiger partial charge in [0.1, 0.15) is 6.54 Å². The molecule has 0 unspecified atom stereocenters. The molecule has 1 aromatic rings. The molecule has 0 aromatic carbocycles. The molecule has 3 nitrogen and oxygen atoms in total. The monoisotopic (exact) mass is 178 g/mol. The fourth-order valence-electron chi connectivity index (χ4n) is 0.723. The van der Waals surface area contributed by atoms with E-state index in [9.17, 15) is 4.79 Å². The number of carbonyl (C=O) groups is 1. The van der Waals surface area contributed by atoms with Crippen LogP contribution in [-0.4, -0.2) is 22.5 Å². The third-order valence-electron chi connectivity index (χ3n) is 1.27. The fraction of sp³-hybridized carbons (Fsp3) is 0.125. The molecule has 1 aromatic heterocycles. The molecule has 0 spiro atoms. The number of rotatable bonds is 3. The van der Waals surface area contributed by atoms with E-state index in [4.69, 9.17) is 0 Å². The number of ketones is 1. The lowest BCUT2D eigenvalue weighted by Crippen LogP contribution is -2.02. The highest BCUT2D eigenvalue weighted by molar-refractivity contribution is 7.78. The van der Waals surface area contributed by atoms with Crippen LogP contribution in [0.25, 0.3) is 0 Å². The van der Waals surface area contributed by atoms with E-state index in [2.05, 4.69) is 27.4 Å². The average Bonchev–Trinajstić information content (AvgIpc) is 2.15. The summed E-state index contributed by atoms with van der Waals surface area (Å²) >= 11 is 4.34. The summed E-state index contributed by atoms with van der Waals surface area (Å²) in [6.45, 7) is 0.0508. The van der Waals surface area contributed by atoms with Gasteiger partial charge in [-0.05, 0) is 24.4 Å². The second-order valence-electron chi connectivity index (χ2n) is 2.07. The molecule has 0 bridgehead atoms. The van der Waals surface area contributed by atoms with Crippen molar-refractivity contribution in [2.24, 2.45) is 4.99 Å². The van der Waals surface area contributed by atoms with Gasteiger partial charge < -0.3 is 0 Å². The Morgan fingerprint density at radius 3 is 3.17 bits per heavy atom. The summed E-state index contributed by atoms with van der Waals surface area (Å²) in [5.41, 5.74) is 0.548. The van der Waals surface area contributed by atoms with Crippen molar-refractivity contribution in [3.63, 3.8) is 0 Å². The summed E-state index contributed by atoms with van der Waals surface area (Å²) in [4.78, 5) is 18.5. The summed E-state index contributed by atoms with van der Waals surface area (Å²) in [6.07, 6.45) is 3.11. The van der Waals surface area contributed by atoms with Crippen molar-refractivity contribution in [1.29, 1.82) is 0 Å². The van der Waals surface area contributed by atoms with Crippen LogP contribution in [0, 0.1) is 0 Å². The fourth-order valence-corrected chi connectivity index (χ4v) is 0.788. The maximum absolute atomic E-state index is 11.2. The van der Waals surface area contributed by atoms with Gasteiger partial charge in [-0.3, -0.25) is 9.78 Å². The molecule has 0 fully saturated rings. The molecule has 12 heavy (non-hydrogen) atoms. The van der Waals surface area contributed by atoms with Crippen LogP contribution in [0.4, 0.5) is 0 Å². The van der Waals surface area contributed by atoms with E-state index >= 15 is 0 Å². The number of isothiocyanates is 1. The molecule has 1 rings (SSSR count). The van der Waals surface area contributed by atoms with Crippen LogP contribution in [-0.2, 0) is 0 Å². The third-order valence-corrected chi connectivity index (χ3v) is 1.40. The first kappa shape index (κ1) is 8.71. The second kappa shape index (κ2) is 4.49. The molecule has 60 valence electrons. The number of nitrogens with zero attached hydrogens (tertiary/aromatic N) is 2. The molecule has 0 atom stereocenters. The molecular weight excluding hydrogens is 172 g/mol. The highest BCUT2D eigenvalue weighted by atomic mass is 32.1. The van der Waals surface area contributed by atoms with Gasteiger partial charge in [0, 0.05) is 18.0 Å². The van der Waals surface area contributed by atoms with E-state index in [0.29, 0.717) is 5.56 Å². The Balaban J connectivity index is 2.72. The van der Waals surface area contributed by atoms with Crippen molar-refractivity contribution in [2.75, 3.05) is 6.54 Å². The first-order valence-electron chi connectivity index (χ1n) is 3.31. The minimum atomic E-state index is -0.0968. The zero-order valence-corrected chi connectivity index (χ0v) is 7.04. The molecule has 0 N–H and O–H groups in total. The van der Waals surface area contributed by atoms with Crippen molar-refractivity contribution < 1.29 is 4.79 Å². The Labute approximate surface area is 75.2 Å². The maximum atomic E-state index is 11.2. The van der Waals surface area contributed by atoms with Crippen molar-refractivity contribution in [3.8, 4) is 0 Å². The Morgan fingerprint density at radius 1 is 1.75 bits per heavy atom. The molecular formula is C8H6N2OS. The van der Waals surface area contributed by atoms with Gasteiger partial charge in [-0.25, -0.2) is 4.99 Å². The van der Waals surface area contributed by atoms with Gasteiger partial charge in [-0.1, -0.05) is 0 Å². The van der Waals surface area contributed by atoms with Gasteiger partial charge in [-0.2, -0.15) is 0 Å². The largest absolute Gasteiger partial charge is 0.292 e. The highest BCUT2D eigenvalue weighted by Gasteiger charge is 2.02. The third kappa shape index (κ3) is 2.34. The lowest BCUT2D eigenvalue weighted by molar-refractivity contribution is 0.100. The molecule has 1 heterocycles. The summed E-state index contributed by atoms with van der Waals surface area (Å²) in [7, 11) is 0. The minimum absolute atomic E-state index is 0.0508. The lowest BCUT2D eigenvalue weighted by atomic mass is 10.2. The first-order valence-corrected chi connectivity index (χ1v) is 3.72. The van der Waals surface area contributed by atoms with E-state index in [1.54, 1.807) is 18.3 Å². The van der Waals surface area contributed by atoms with Crippen LogP contribution in [0.15, 0.2) is 29.5 Å². The second-order valence-corrected chi connectivity index (χ2v) is 2.25. The van der Waals surface area contributed by atoms with Gasteiger partial charge in [-0.15, -0.1) is 0 Å². The molecule has 0 aliphatic heterocycles.